The van der Waals surface area contributed by atoms with Crippen LogP contribution in [0.25, 0.3) is 0 Å². The van der Waals surface area contributed by atoms with E-state index >= 15 is 0 Å². The van der Waals surface area contributed by atoms with Crippen molar-refractivity contribution in [2.45, 2.75) is 45.8 Å². The van der Waals surface area contributed by atoms with Crippen molar-refractivity contribution >= 4 is 5.69 Å². The van der Waals surface area contributed by atoms with Crippen molar-refractivity contribution in [3.63, 3.8) is 0 Å². The number of hydrogen-bond donors (Lipinski definition) is 2. The summed E-state index contributed by atoms with van der Waals surface area (Å²) in [5.74, 6) is 0.0984. The molecule has 0 bridgehead atoms. The number of β-amino-alcohol motifs (C(OH)–C–C–N with tert-alkyl or cyclic N) is 1. The van der Waals surface area contributed by atoms with Crippen LogP contribution in [-0.2, 0) is 0 Å². The first kappa shape index (κ1) is 16.2. The average molecular weight is 294 g/mol. The quantitative estimate of drug-likeness (QED) is 0.876. The summed E-state index contributed by atoms with van der Waals surface area (Å²) in [6.07, 6.45) is 1.59. The molecule has 3 nitrogen and oxygen atoms in total. The molecule has 1 aliphatic rings. The van der Waals surface area contributed by atoms with Crippen LogP contribution in [0.1, 0.15) is 45.2 Å². The topological polar surface area (TPSA) is 35.5 Å². The van der Waals surface area contributed by atoms with E-state index in [1.165, 1.54) is 0 Å². The van der Waals surface area contributed by atoms with Crippen molar-refractivity contribution in [1.29, 1.82) is 0 Å². The maximum Gasteiger partial charge on any atom is 0.146 e. The van der Waals surface area contributed by atoms with Crippen LogP contribution in [0.3, 0.4) is 0 Å². The summed E-state index contributed by atoms with van der Waals surface area (Å²) in [7, 11) is 0. The molecular weight excluding hydrogens is 267 g/mol. The zero-order chi connectivity index (χ0) is 15.4. The van der Waals surface area contributed by atoms with E-state index in [1.807, 2.05) is 24.0 Å². The van der Waals surface area contributed by atoms with E-state index in [2.05, 4.69) is 19.2 Å². The molecule has 1 aromatic carbocycles. The van der Waals surface area contributed by atoms with Crippen molar-refractivity contribution in [3.8, 4) is 0 Å². The molecule has 4 heteroatoms. The molecule has 1 aromatic rings. The molecule has 118 valence electrons. The van der Waals surface area contributed by atoms with Crippen LogP contribution >= 0.6 is 0 Å². The van der Waals surface area contributed by atoms with Crippen LogP contribution in [0.2, 0.25) is 0 Å². The number of aliphatic hydroxyl groups excluding tert-OH is 1. The van der Waals surface area contributed by atoms with Gasteiger partial charge in [-0.15, -0.1) is 0 Å². The van der Waals surface area contributed by atoms with Gasteiger partial charge in [0.25, 0.3) is 0 Å². The Morgan fingerprint density at radius 3 is 2.86 bits per heavy atom. The Balaban J connectivity index is 2.08. The van der Waals surface area contributed by atoms with Gasteiger partial charge in [-0.25, -0.2) is 4.39 Å². The number of rotatable bonds is 5. The normalized spacial score (nSPS) is 24.1. The lowest BCUT2D eigenvalue weighted by Gasteiger charge is -2.36. The standard InChI is InChI=1S/C17H27FN2O/c1-4-8-19-13(3)14-5-6-16(15(18)10-14)20-9-7-12(2)17(21)11-20/h5-6,10,12-13,17,19,21H,4,7-9,11H2,1-3H3. The molecular formula is C17H27FN2O. The molecule has 2 rings (SSSR count). The highest BCUT2D eigenvalue weighted by Crippen LogP contribution is 2.27. The predicted molar refractivity (Wildman–Crippen MR) is 85.1 cm³/mol. The van der Waals surface area contributed by atoms with E-state index in [4.69, 9.17) is 0 Å². The number of hydrogen-bond acceptors (Lipinski definition) is 3. The average Bonchev–Trinajstić information content (AvgIpc) is 2.47. The van der Waals surface area contributed by atoms with Crippen LogP contribution in [0.15, 0.2) is 18.2 Å². The Bertz CT molecular complexity index is 466. The van der Waals surface area contributed by atoms with Crippen LogP contribution in [0, 0.1) is 11.7 Å². The molecule has 3 atom stereocenters. The predicted octanol–water partition coefficient (Wildman–Crippen LogP) is 3.09. The Labute approximate surface area is 127 Å². The fourth-order valence-corrected chi connectivity index (χ4v) is 2.80. The third-order valence-electron chi connectivity index (χ3n) is 4.43. The Hall–Kier alpha value is -1.13. The van der Waals surface area contributed by atoms with E-state index in [0.717, 1.165) is 31.5 Å². The van der Waals surface area contributed by atoms with Crippen LogP contribution in [0.4, 0.5) is 10.1 Å². The first-order valence-corrected chi connectivity index (χ1v) is 7.98. The number of anilines is 1. The fourth-order valence-electron chi connectivity index (χ4n) is 2.80. The van der Waals surface area contributed by atoms with Crippen LogP contribution in [-0.4, -0.2) is 30.8 Å². The molecule has 21 heavy (non-hydrogen) atoms. The van der Waals surface area contributed by atoms with Gasteiger partial charge in [0.15, 0.2) is 0 Å². The van der Waals surface area contributed by atoms with Crippen molar-refractivity contribution in [2.24, 2.45) is 5.92 Å². The van der Waals surface area contributed by atoms with E-state index in [0.29, 0.717) is 18.2 Å². The highest BCUT2D eigenvalue weighted by atomic mass is 19.1. The highest BCUT2D eigenvalue weighted by Gasteiger charge is 2.26. The van der Waals surface area contributed by atoms with Gasteiger partial charge in [-0.1, -0.05) is 19.9 Å². The summed E-state index contributed by atoms with van der Waals surface area (Å²) in [6, 6.07) is 5.60. The van der Waals surface area contributed by atoms with Gasteiger partial charge >= 0.3 is 0 Å². The molecule has 0 radical (unpaired) electrons. The van der Waals surface area contributed by atoms with E-state index in [1.54, 1.807) is 6.07 Å². The van der Waals surface area contributed by atoms with Crippen molar-refractivity contribution in [1.82, 2.24) is 5.32 Å². The molecule has 0 aliphatic carbocycles. The second kappa shape index (κ2) is 7.23. The van der Waals surface area contributed by atoms with Gasteiger partial charge in [-0.3, -0.25) is 0 Å². The number of nitrogens with zero attached hydrogens (tertiary/aromatic N) is 1. The minimum absolute atomic E-state index is 0.153. The maximum atomic E-state index is 14.4. The second-order valence-corrected chi connectivity index (χ2v) is 6.17. The molecule has 0 spiro atoms. The summed E-state index contributed by atoms with van der Waals surface area (Å²) in [4.78, 5) is 1.95. The number of nitrogens with one attached hydrogen (secondary N) is 1. The number of halogens is 1. The highest BCUT2D eigenvalue weighted by molar-refractivity contribution is 5.50. The van der Waals surface area contributed by atoms with Gasteiger partial charge in [0.05, 0.1) is 11.8 Å². The van der Waals surface area contributed by atoms with Crippen molar-refractivity contribution in [2.75, 3.05) is 24.5 Å². The van der Waals surface area contributed by atoms with E-state index < -0.39 is 0 Å². The molecule has 0 saturated carbocycles. The van der Waals surface area contributed by atoms with Crippen LogP contribution in [0.5, 0.6) is 0 Å². The van der Waals surface area contributed by atoms with Gasteiger partial charge in [-0.05, 0) is 49.9 Å². The molecule has 3 unspecified atom stereocenters. The first-order chi connectivity index (χ1) is 10.0. The van der Waals surface area contributed by atoms with Gasteiger partial charge in [0.2, 0.25) is 0 Å². The molecule has 0 amide bonds. The van der Waals surface area contributed by atoms with E-state index in [9.17, 15) is 9.50 Å². The zero-order valence-corrected chi connectivity index (χ0v) is 13.3. The Kier molecular flexibility index (Phi) is 5.59. The number of benzene rings is 1. The molecule has 1 fully saturated rings. The molecule has 0 aromatic heterocycles. The largest absolute Gasteiger partial charge is 0.391 e. The van der Waals surface area contributed by atoms with Gasteiger partial charge in [0.1, 0.15) is 5.82 Å². The summed E-state index contributed by atoms with van der Waals surface area (Å²) in [6.45, 7) is 8.46. The first-order valence-electron chi connectivity index (χ1n) is 7.98. The van der Waals surface area contributed by atoms with E-state index in [-0.39, 0.29) is 18.0 Å². The van der Waals surface area contributed by atoms with Crippen molar-refractivity contribution < 1.29 is 9.50 Å². The minimum Gasteiger partial charge on any atom is -0.391 e. The summed E-state index contributed by atoms with van der Waals surface area (Å²) < 4.78 is 14.4. The Morgan fingerprint density at radius 2 is 2.24 bits per heavy atom. The van der Waals surface area contributed by atoms with Gasteiger partial charge in [0, 0.05) is 19.1 Å². The minimum atomic E-state index is -0.372. The number of aliphatic hydroxyl groups is 1. The second-order valence-electron chi connectivity index (χ2n) is 6.17. The van der Waals surface area contributed by atoms with Gasteiger partial charge < -0.3 is 15.3 Å². The van der Waals surface area contributed by atoms with Crippen LogP contribution < -0.4 is 10.2 Å². The monoisotopic (exact) mass is 294 g/mol. The number of piperidine rings is 1. The lowest BCUT2D eigenvalue weighted by atomic mass is 9.95. The lowest BCUT2D eigenvalue weighted by Crippen LogP contribution is -2.43. The van der Waals surface area contributed by atoms with Crippen molar-refractivity contribution in [3.05, 3.63) is 29.6 Å². The summed E-state index contributed by atoms with van der Waals surface area (Å²) >= 11 is 0. The molecule has 1 saturated heterocycles. The molecule has 2 N–H and O–H groups in total. The maximum absolute atomic E-state index is 14.4. The smallest absolute Gasteiger partial charge is 0.146 e. The third kappa shape index (κ3) is 3.95. The summed E-state index contributed by atoms with van der Waals surface area (Å²) in [5.41, 5.74) is 1.57. The molecule has 1 aliphatic heterocycles. The zero-order valence-electron chi connectivity index (χ0n) is 13.3. The molecule has 1 heterocycles. The SMILES string of the molecule is CCCNC(C)c1ccc(N2CCC(C)C(O)C2)c(F)c1. The summed E-state index contributed by atoms with van der Waals surface area (Å²) in [5, 5.41) is 13.3. The van der Waals surface area contributed by atoms with Gasteiger partial charge in [-0.2, -0.15) is 0 Å². The third-order valence-corrected chi connectivity index (χ3v) is 4.43. The fraction of sp³-hybridized carbons (Fsp3) is 0.647. The lowest BCUT2D eigenvalue weighted by molar-refractivity contribution is 0.102. The Morgan fingerprint density at radius 1 is 1.48 bits per heavy atom.